The van der Waals surface area contributed by atoms with Crippen LogP contribution in [0.2, 0.25) is 0 Å². The van der Waals surface area contributed by atoms with E-state index in [0.717, 1.165) is 31.5 Å². The van der Waals surface area contributed by atoms with Crippen molar-refractivity contribution in [2.45, 2.75) is 65.2 Å². The van der Waals surface area contributed by atoms with E-state index in [-0.39, 0.29) is 48.0 Å². The van der Waals surface area contributed by atoms with Gasteiger partial charge in [-0.1, -0.05) is 18.1 Å². The number of ether oxygens (including phenoxy) is 3. The fraction of sp³-hybridized carbons (Fsp3) is 0.577. The van der Waals surface area contributed by atoms with Crippen molar-refractivity contribution >= 4 is 23.5 Å². The number of cyclic esters (lactones) is 1. The van der Waals surface area contributed by atoms with Crippen molar-refractivity contribution in [2.24, 2.45) is 0 Å². The lowest BCUT2D eigenvalue weighted by atomic mass is 9.93. The number of alkyl halides is 3. The molecule has 0 spiro atoms. The van der Waals surface area contributed by atoms with Crippen molar-refractivity contribution in [3.63, 3.8) is 0 Å². The molecule has 37 heavy (non-hydrogen) atoms. The molecule has 0 atom stereocenters. The summed E-state index contributed by atoms with van der Waals surface area (Å²) in [6, 6.07) is 0. The predicted molar refractivity (Wildman–Crippen MR) is 129 cm³/mol. The van der Waals surface area contributed by atoms with Crippen LogP contribution in [0, 0.1) is 6.92 Å². The van der Waals surface area contributed by atoms with Gasteiger partial charge in [0.2, 0.25) is 0 Å². The van der Waals surface area contributed by atoms with Gasteiger partial charge in [0.15, 0.2) is 0 Å². The molecule has 204 valence electrons. The Morgan fingerprint density at radius 3 is 2.51 bits per heavy atom. The number of carbonyl (C=O) groups is 3. The summed E-state index contributed by atoms with van der Waals surface area (Å²) in [5.74, 6) is -3.07. The molecule has 8 nitrogen and oxygen atoms in total. The van der Waals surface area contributed by atoms with Crippen LogP contribution in [0.4, 0.5) is 18.9 Å². The average molecular weight is 527 g/mol. The number of methoxy groups -OCH3 is 1. The van der Waals surface area contributed by atoms with Crippen LogP contribution in [0.3, 0.4) is 0 Å². The van der Waals surface area contributed by atoms with E-state index in [9.17, 15) is 27.6 Å². The zero-order valence-electron chi connectivity index (χ0n) is 21.4. The van der Waals surface area contributed by atoms with Gasteiger partial charge in [0.05, 0.1) is 18.4 Å². The molecule has 2 aliphatic heterocycles. The smallest absolute Gasteiger partial charge is 0.471 e. The molecular weight excluding hydrogens is 493 g/mol. The Labute approximate surface area is 214 Å². The zero-order valence-corrected chi connectivity index (χ0v) is 21.4. The van der Waals surface area contributed by atoms with Gasteiger partial charge in [0, 0.05) is 24.1 Å². The second-order valence-electron chi connectivity index (χ2n) is 9.27. The number of hydrogen-bond acceptors (Lipinski definition) is 7. The minimum Gasteiger partial charge on any atom is -0.496 e. The van der Waals surface area contributed by atoms with Gasteiger partial charge in [-0.15, -0.1) is 0 Å². The summed E-state index contributed by atoms with van der Waals surface area (Å²) in [4.78, 5) is 38.6. The van der Waals surface area contributed by atoms with Gasteiger partial charge in [-0.05, 0) is 58.2 Å². The van der Waals surface area contributed by atoms with Gasteiger partial charge in [-0.3, -0.25) is 14.5 Å². The minimum atomic E-state index is -5.15. The van der Waals surface area contributed by atoms with Crippen molar-refractivity contribution in [3.8, 4) is 5.75 Å². The standard InChI is InChI=1S/C26H33F3N2O6/c1-16(8-10-20(32)36-14-13-31-11-5-4-6-12-31)7-9-18-22(30-25(34)26(27,28)29)21-19(15-37-24(21)33)17(2)23(18)35-3/h7H,4-6,8-15H2,1-3H3,(H,30,34). The molecule has 1 fully saturated rings. The molecule has 0 radical (unpaired) electrons. The Hall–Kier alpha value is -3.08. The number of halogens is 3. The molecule has 0 saturated carbocycles. The van der Waals surface area contributed by atoms with Gasteiger partial charge < -0.3 is 19.5 Å². The molecule has 1 aromatic carbocycles. The second kappa shape index (κ2) is 12.4. The minimum absolute atomic E-state index is 0.0634. The lowest BCUT2D eigenvalue weighted by molar-refractivity contribution is -0.167. The number of likely N-dealkylation sites (tertiary alicyclic amines) is 1. The molecule has 3 rings (SSSR count). The Balaban J connectivity index is 1.71. The molecule has 2 heterocycles. The average Bonchev–Trinajstić information content (AvgIpc) is 3.25. The molecule has 0 aliphatic carbocycles. The monoisotopic (exact) mass is 526 g/mol. The van der Waals surface area contributed by atoms with Crippen molar-refractivity contribution in [1.29, 1.82) is 0 Å². The van der Waals surface area contributed by atoms with Gasteiger partial charge in [0.25, 0.3) is 0 Å². The number of nitrogens with one attached hydrogen (secondary N) is 1. The summed E-state index contributed by atoms with van der Waals surface area (Å²) in [6.07, 6.45) is 0.754. The van der Waals surface area contributed by atoms with E-state index in [1.165, 1.54) is 13.5 Å². The SMILES string of the molecule is COc1c(C)c2c(c(NC(=O)C(F)(F)F)c1CC=C(C)CCC(=O)OCCN1CCCCC1)C(=O)OC2. The number of benzene rings is 1. The Kier molecular flexibility index (Phi) is 9.58. The summed E-state index contributed by atoms with van der Waals surface area (Å²) in [5.41, 5.74) is 1.56. The number of carbonyl (C=O) groups excluding carboxylic acids is 3. The van der Waals surface area contributed by atoms with E-state index < -0.39 is 18.1 Å². The molecule has 2 aliphatic rings. The highest BCUT2D eigenvalue weighted by molar-refractivity contribution is 6.07. The van der Waals surface area contributed by atoms with Crippen LogP contribution >= 0.6 is 0 Å². The summed E-state index contributed by atoms with van der Waals surface area (Å²) >= 11 is 0. The summed E-state index contributed by atoms with van der Waals surface area (Å²) in [6.45, 7) is 6.44. The quantitative estimate of drug-likeness (QED) is 0.355. The number of rotatable bonds is 10. The highest BCUT2D eigenvalue weighted by Gasteiger charge is 2.41. The Morgan fingerprint density at radius 2 is 1.86 bits per heavy atom. The first-order chi connectivity index (χ1) is 17.5. The van der Waals surface area contributed by atoms with Gasteiger partial charge in [-0.25, -0.2) is 4.79 Å². The second-order valence-corrected chi connectivity index (χ2v) is 9.27. The van der Waals surface area contributed by atoms with Crippen molar-refractivity contribution < 1.29 is 41.8 Å². The van der Waals surface area contributed by atoms with E-state index in [4.69, 9.17) is 14.2 Å². The Morgan fingerprint density at radius 1 is 1.16 bits per heavy atom. The summed E-state index contributed by atoms with van der Waals surface area (Å²) in [7, 11) is 1.36. The van der Waals surface area contributed by atoms with Gasteiger partial charge in [-0.2, -0.15) is 13.2 Å². The Bertz CT molecular complexity index is 1060. The topological polar surface area (TPSA) is 94.2 Å². The molecule has 1 amide bonds. The maximum Gasteiger partial charge on any atom is 0.471 e. The third-order valence-electron chi connectivity index (χ3n) is 6.67. The lowest BCUT2D eigenvalue weighted by Gasteiger charge is -2.25. The van der Waals surface area contributed by atoms with Crippen LogP contribution in [0.15, 0.2) is 11.6 Å². The number of amides is 1. The summed E-state index contributed by atoms with van der Waals surface area (Å²) in [5, 5.41) is 1.86. The van der Waals surface area contributed by atoms with Crippen LogP contribution in [0.25, 0.3) is 0 Å². The molecule has 1 aromatic rings. The number of anilines is 1. The van der Waals surface area contributed by atoms with Crippen LogP contribution in [0.1, 0.15) is 66.1 Å². The molecule has 11 heteroatoms. The fourth-order valence-corrected chi connectivity index (χ4v) is 4.60. The number of esters is 2. The van der Waals surface area contributed by atoms with Gasteiger partial charge in [0.1, 0.15) is 19.0 Å². The van der Waals surface area contributed by atoms with Crippen LogP contribution in [0.5, 0.6) is 5.75 Å². The normalized spacial score (nSPS) is 16.3. The van der Waals surface area contributed by atoms with Crippen LogP contribution < -0.4 is 10.1 Å². The number of piperidine rings is 1. The molecule has 0 bridgehead atoms. The predicted octanol–water partition coefficient (Wildman–Crippen LogP) is 4.47. The number of allylic oxidation sites excluding steroid dienone is 2. The fourth-order valence-electron chi connectivity index (χ4n) is 4.60. The van der Waals surface area contributed by atoms with Crippen molar-refractivity contribution in [2.75, 3.05) is 38.7 Å². The summed E-state index contributed by atoms with van der Waals surface area (Å²) < 4.78 is 55.0. The van der Waals surface area contributed by atoms with E-state index in [0.29, 0.717) is 30.7 Å². The molecular formula is C26H33F3N2O6. The first-order valence-electron chi connectivity index (χ1n) is 12.3. The first-order valence-corrected chi connectivity index (χ1v) is 12.3. The molecule has 0 aromatic heterocycles. The van der Waals surface area contributed by atoms with Gasteiger partial charge >= 0.3 is 24.0 Å². The number of nitrogens with zero attached hydrogens (tertiary/aromatic N) is 1. The number of hydrogen-bond donors (Lipinski definition) is 1. The van der Waals surface area contributed by atoms with Crippen molar-refractivity contribution in [1.82, 2.24) is 4.90 Å². The molecule has 1 saturated heterocycles. The third kappa shape index (κ3) is 7.24. The maximum atomic E-state index is 13.0. The highest BCUT2D eigenvalue weighted by atomic mass is 19.4. The zero-order chi connectivity index (χ0) is 27.2. The first kappa shape index (κ1) is 28.5. The van der Waals surface area contributed by atoms with E-state index in [1.807, 2.05) is 5.32 Å². The highest BCUT2D eigenvalue weighted by Crippen LogP contribution is 2.42. The lowest BCUT2D eigenvalue weighted by Crippen LogP contribution is -2.33. The third-order valence-corrected chi connectivity index (χ3v) is 6.67. The van der Waals surface area contributed by atoms with E-state index in [2.05, 4.69) is 4.90 Å². The van der Waals surface area contributed by atoms with Crippen LogP contribution in [-0.4, -0.2) is 62.3 Å². The molecule has 1 N–H and O–H groups in total. The van der Waals surface area contributed by atoms with E-state index in [1.54, 1.807) is 19.9 Å². The van der Waals surface area contributed by atoms with Crippen LogP contribution in [-0.2, 0) is 32.1 Å². The maximum absolute atomic E-state index is 13.0. The van der Waals surface area contributed by atoms with Crippen molar-refractivity contribution in [3.05, 3.63) is 33.9 Å². The molecule has 0 unspecified atom stereocenters. The number of fused-ring (bicyclic) bond motifs is 1. The van der Waals surface area contributed by atoms with E-state index >= 15 is 0 Å². The largest absolute Gasteiger partial charge is 0.496 e.